The molecule has 47 heavy (non-hydrogen) atoms. The van der Waals surface area contributed by atoms with Crippen LogP contribution in [0, 0.1) is 12.3 Å². The normalized spacial score (nSPS) is 14.2. The van der Waals surface area contributed by atoms with Crippen molar-refractivity contribution in [3.05, 3.63) is 156 Å². The van der Waals surface area contributed by atoms with Gasteiger partial charge in [-0.05, 0) is 59.9 Å². The summed E-state index contributed by atoms with van der Waals surface area (Å²) in [7, 11) is 0. The molecule has 0 aliphatic carbocycles. The lowest BCUT2D eigenvalue weighted by Crippen LogP contribution is -2.42. The summed E-state index contributed by atoms with van der Waals surface area (Å²) in [6.45, 7) is 9.39. The number of allylic oxidation sites excluding steroid dienone is 5. The number of amidine groups is 1. The van der Waals surface area contributed by atoms with Crippen molar-refractivity contribution in [2.45, 2.75) is 19.4 Å². The number of ether oxygens (including phenoxy) is 1. The van der Waals surface area contributed by atoms with Crippen molar-refractivity contribution in [3.8, 4) is 18.1 Å². The number of thioether (sulfide) groups is 1. The van der Waals surface area contributed by atoms with Crippen LogP contribution in [0.3, 0.4) is 0 Å². The number of aliphatic imine (C=N–C) groups is 1. The maximum Gasteiger partial charge on any atom is 0.285 e. The van der Waals surface area contributed by atoms with E-state index in [-0.39, 0.29) is 35.0 Å². The van der Waals surface area contributed by atoms with Crippen LogP contribution in [0.2, 0.25) is 0 Å². The molecule has 0 radical (unpaired) electrons. The molecule has 0 atom stereocenters. The van der Waals surface area contributed by atoms with Gasteiger partial charge in [0.2, 0.25) is 5.91 Å². The first-order valence-electron chi connectivity index (χ1n) is 14.9. The SMILES string of the molecule is C#CCOc1ccc(/C=C2\C(=O)N=C(SCC(=O)NC(c3ccccc3)c3ccccc3)N(C(/C=C\C=C)=C/C)C2=O)cc1CC=C. The molecular formula is C39H35N3O4S. The van der Waals surface area contributed by atoms with Crippen LogP contribution in [-0.4, -0.2) is 40.1 Å². The molecule has 1 aliphatic rings. The minimum atomic E-state index is -0.707. The molecule has 4 rings (SSSR count). The molecule has 0 saturated carbocycles. The Bertz CT molecular complexity index is 1760. The minimum Gasteiger partial charge on any atom is -0.481 e. The second-order valence-electron chi connectivity index (χ2n) is 10.2. The molecule has 1 aliphatic heterocycles. The zero-order chi connectivity index (χ0) is 33.6. The summed E-state index contributed by atoms with van der Waals surface area (Å²) in [6.07, 6.45) is 15.7. The highest BCUT2D eigenvalue weighted by Crippen LogP contribution is 2.28. The van der Waals surface area contributed by atoms with Crippen LogP contribution in [-0.2, 0) is 20.8 Å². The fourth-order valence-electron chi connectivity index (χ4n) is 4.82. The van der Waals surface area contributed by atoms with Gasteiger partial charge in [0.1, 0.15) is 17.9 Å². The minimum absolute atomic E-state index is 0.0860. The Balaban J connectivity index is 1.63. The molecular weight excluding hydrogens is 607 g/mol. The number of nitrogens with zero attached hydrogens (tertiary/aromatic N) is 2. The third-order valence-corrected chi connectivity index (χ3v) is 7.92. The van der Waals surface area contributed by atoms with E-state index in [1.54, 1.807) is 49.4 Å². The van der Waals surface area contributed by atoms with Crippen LogP contribution in [0.5, 0.6) is 5.75 Å². The van der Waals surface area contributed by atoms with Crippen LogP contribution in [0.1, 0.15) is 35.2 Å². The molecule has 3 aromatic rings. The number of hydrogen-bond acceptors (Lipinski definition) is 5. The number of terminal acetylenes is 1. The largest absolute Gasteiger partial charge is 0.481 e. The number of hydrogen-bond donors (Lipinski definition) is 1. The molecule has 0 saturated heterocycles. The number of carbonyl (C=O) groups excluding carboxylic acids is 3. The smallest absolute Gasteiger partial charge is 0.285 e. The van der Waals surface area contributed by atoms with Crippen LogP contribution in [0.4, 0.5) is 0 Å². The van der Waals surface area contributed by atoms with Gasteiger partial charge >= 0.3 is 0 Å². The molecule has 0 aromatic heterocycles. The van der Waals surface area contributed by atoms with Crippen LogP contribution >= 0.6 is 11.8 Å². The van der Waals surface area contributed by atoms with E-state index in [0.717, 1.165) is 28.5 Å². The van der Waals surface area contributed by atoms with Crippen LogP contribution < -0.4 is 10.1 Å². The first kappa shape index (κ1) is 34.2. The Morgan fingerprint density at radius 2 is 1.74 bits per heavy atom. The second-order valence-corrected chi connectivity index (χ2v) is 11.1. The molecule has 8 heteroatoms. The van der Waals surface area contributed by atoms with Crippen LogP contribution in [0.25, 0.3) is 6.08 Å². The summed E-state index contributed by atoms with van der Waals surface area (Å²) in [5.74, 6) is 1.38. The molecule has 0 fully saturated rings. The predicted octanol–water partition coefficient (Wildman–Crippen LogP) is 6.82. The molecule has 3 amide bonds. The molecule has 236 valence electrons. The van der Waals surface area contributed by atoms with E-state index in [9.17, 15) is 14.4 Å². The maximum absolute atomic E-state index is 14.0. The molecule has 0 bridgehead atoms. The Labute approximate surface area is 280 Å². The van der Waals surface area contributed by atoms with Gasteiger partial charge in [0.15, 0.2) is 5.17 Å². The second kappa shape index (κ2) is 17.2. The number of carbonyl (C=O) groups is 3. The third kappa shape index (κ3) is 8.97. The highest BCUT2D eigenvalue weighted by Gasteiger charge is 2.35. The van der Waals surface area contributed by atoms with Crippen molar-refractivity contribution >= 4 is 40.7 Å². The van der Waals surface area contributed by atoms with E-state index in [2.05, 4.69) is 29.4 Å². The molecule has 1 heterocycles. The summed E-state index contributed by atoms with van der Waals surface area (Å²) in [4.78, 5) is 46.3. The Morgan fingerprint density at radius 1 is 1.06 bits per heavy atom. The fraction of sp³-hybridized carbons (Fsp3) is 0.128. The lowest BCUT2D eigenvalue weighted by Gasteiger charge is -2.28. The number of nitrogens with one attached hydrogen (secondary N) is 1. The molecule has 7 nitrogen and oxygen atoms in total. The van der Waals surface area contributed by atoms with Gasteiger partial charge in [-0.3, -0.25) is 19.3 Å². The standard InChI is InChI=1S/C39H35N3O4S/c1-5-9-21-32(8-4)42-38(45)33(26-28-22-23-34(46-24-7-3)31(25-28)16-6-2)37(44)41-39(42)47-27-35(43)40-36(29-17-12-10-13-18-29)30-19-14-11-15-20-30/h3,5-6,8-15,17-23,25-26,36H,1-2,16,24,27H2,4H3,(H,40,43)/b21-9-,32-8+,33-26+. The lowest BCUT2D eigenvalue weighted by atomic mass is 9.99. The van der Waals surface area contributed by atoms with Crippen molar-refractivity contribution in [2.24, 2.45) is 4.99 Å². The summed E-state index contributed by atoms with van der Waals surface area (Å²) in [5.41, 5.74) is 3.60. The topological polar surface area (TPSA) is 88.1 Å². The van der Waals surface area contributed by atoms with E-state index in [1.807, 2.05) is 66.7 Å². The number of rotatable bonds is 13. The van der Waals surface area contributed by atoms with Gasteiger partial charge in [-0.15, -0.1) is 13.0 Å². The van der Waals surface area contributed by atoms with Crippen molar-refractivity contribution in [1.82, 2.24) is 10.2 Å². The fourth-order valence-corrected chi connectivity index (χ4v) is 5.63. The summed E-state index contributed by atoms with van der Waals surface area (Å²) >= 11 is 1.01. The van der Waals surface area contributed by atoms with Gasteiger partial charge in [0, 0.05) is 5.70 Å². The van der Waals surface area contributed by atoms with Gasteiger partial charge in [0.05, 0.1) is 11.8 Å². The first-order valence-corrected chi connectivity index (χ1v) is 15.8. The monoisotopic (exact) mass is 641 g/mol. The maximum atomic E-state index is 14.0. The van der Waals surface area contributed by atoms with Crippen molar-refractivity contribution in [1.29, 1.82) is 0 Å². The van der Waals surface area contributed by atoms with E-state index in [0.29, 0.717) is 23.4 Å². The average molecular weight is 642 g/mol. The number of benzene rings is 3. The van der Waals surface area contributed by atoms with E-state index in [4.69, 9.17) is 11.2 Å². The van der Waals surface area contributed by atoms with Gasteiger partial charge < -0.3 is 10.1 Å². The van der Waals surface area contributed by atoms with E-state index < -0.39 is 11.8 Å². The zero-order valence-corrected chi connectivity index (χ0v) is 26.9. The zero-order valence-electron chi connectivity index (χ0n) is 26.1. The predicted molar refractivity (Wildman–Crippen MR) is 190 cm³/mol. The van der Waals surface area contributed by atoms with Gasteiger partial charge in [0.25, 0.3) is 11.8 Å². The molecule has 3 aromatic carbocycles. The molecule has 0 spiro atoms. The first-order chi connectivity index (χ1) is 22.9. The Morgan fingerprint density at radius 3 is 2.34 bits per heavy atom. The van der Waals surface area contributed by atoms with E-state index >= 15 is 0 Å². The van der Waals surface area contributed by atoms with E-state index in [1.165, 1.54) is 11.0 Å². The third-order valence-electron chi connectivity index (χ3n) is 6.98. The quantitative estimate of drug-likeness (QED) is 0.0728. The van der Waals surface area contributed by atoms with Gasteiger partial charge in [-0.25, -0.2) is 0 Å². The lowest BCUT2D eigenvalue weighted by molar-refractivity contribution is -0.126. The summed E-state index contributed by atoms with van der Waals surface area (Å²) in [5, 5.41) is 3.19. The Hall–Kier alpha value is -5.65. The number of amides is 3. The van der Waals surface area contributed by atoms with Gasteiger partial charge in [-0.2, -0.15) is 4.99 Å². The molecule has 1 N–H and O–H groups in total. The van der Waals surface area contributed by atoms with Crippen molar-refractivity contribution < 1.29 is 19.1 Å². The van der Waals surface area contributed by atoms with Crippen molar-refractivity contribution in [2.75, 3.05) is 12.4 Å². The molecule has 0 unspecified atom stereocenters. The Kier molecular flexibility index (Phi) is 12.5. The van der Waals surface area contributed by atoms with Crippen LogP contribution in [0.15, 0.2) is 139 Å². The van der Waals surface area contributed by atoms with Crippen molar-refractivity contribution in [3.63, 3.8) is 0 Å². The van der Waals surface area contributed by atoms with Gasteiger partial charge in [-0.1, -0.05) is 115 Å². The summed E-state index contributed by atoms with van der Waals surface area (Å²) in [6, 6.07) is 24.2. The highest BCUT2D eigenvalue weighted by molar-refractivity contribution is 8.14. The average Bonchev–Trinajstić information content (AvgIpc) is 3.09. The summed E-state index contributed by atoms with van der Waals surface area (Å²) < 4.78 is 5.63. The highest BCUT2D eigenvalue weighted by atomic mass is 32.2.